The van der Waals surface area contributed by atoms with Gasteiger partial charge < -0.3 is 4.74 Å². The van der Waals surface area contributed by atoms with E-state index in [1.165, 1.54) is 12.8 Å². The highest BCUT2D eigenvalue weighted by atomic mass is 16.5. The van der Waals surface area contributed by atoms with E-state index >= 15 is 0 Å². The summed E-state index contributed by atoms with van der Waals surface area (Å²) in [7, 11) is 0. The first kappa shape index (κ1) is 11.8. The SMILES string of the molecule is N#CCCN(CCN1CCOCC1)C1CC1. The third-order valence-corrected chi connectivity index (χ3v) is 3.38. The van der Waals surface area contributed by atoms with Gasteiger partial charge in [-0.05, 0) is 12.8 Å². The Balaban J connectivity index is 1.66. The molecule has 0 amide bonds. The molecule has 0 aromatic carbocycles. The van der Waals surface area contributed by atoms with Crippen LogP contribution in [0.4, 0.5) is 0 Å². The largest absolute Gasteiger partial charge is 0.379 e. The van der Waals surface area contributed by atoms with E-state index in [1.807, 2.05) is 0 Å². The Morgan fingerprint density at radius 2 is 2.00 bits per heavy atom. The molecule has 0 aromatic heterocycles. The molecule has 1 heterocycles. The van der Waals surface area contributed by atoms with Gasteiger partial charge in [0.25, 0.3) is 0 Å². The second-order valence-corrected chi connectivity index (χ2v) is 4.63. The Labute approximate surface area is 97.8 Å². The molecular formula is C12H21N3O. The molecule has 2 aliphatic rings. The first-order chi connectivity index (χ1) is 7.90. The van der Waals surface area contributed by atoms with Gasteiger partial charge in [0.2, 0.25) is 0 Å². The third-order valence-electron chi connectivity index (χ3n) is 3.38. The molecule has 1 saturated heterocycles. The van der Waals surface area contributed by atoms with Gasteiger partial charge in [-0.3, -0.25) is 9.80 Å². The fourth-order valence-electron chi connectivity index (χ4n) is 2.20. The van der Waals surface area contributed by atoms with E-state index in [9.17, 15) is 0 Å². The van der Waals surface area contributed by atoms with Crippen molar-refractivity contribution in [2.75, 3.05) is 45.9 Å². The summed E-state index contributed by atoms with van der Waals surface area (Å²) >= 11 is 0. The molecule has 0 unspecified atom stereocenters. The topological polar surface area (TPSA) is 39.5 Å². The van der Waals surface area contributed by atoms with Crippen LogP contribution in [0.5, 0.6) is 0 Å². The Kier molecular flexibility index (Phi) is 4.58. The van der Waals surface area contributed by atoms with Crippen molar-refractivity contribution in [2.45, 2.75) is 25.3 Å². The normalized spacial score (nSPS) is 22.2. The smallest absolute Gasteiger partial charge is 0.0635 e. The molecular weight excluding hydrogens is 202 g/mol. The van der Waals surface area contributed by atoms with E-state index < -0.39 is 0 Å². The number of hydrogen-bond donors (Lipinski definition) is 0. The van der Waals surface area contributed by atoms with Crippen molar-refractivity contribution in [2.24, 2.45) is 0 Å². The van der Waals surface area contributed by atoms with Gasteiger partial charge in [-0.1, -0.05) is 0 Å². The summed E-state index contributed by atoms with van der Waals surface area (Å²) in [6.07, 6.45) is 3.32. The van der Waals surface area contributed by atoms with Gasteiger partial charge in [0.05, 0.1) is 19.3 Å². The lowest BCUT2D eigenvalue weighted by Gasteiger charge is -2.29. The van der Waals surface area contributed by atoms with Crippen LogP contribution in [0.3, 0.4) is 0 Å². The van der Waals surface area contributed by atoms with Gasteiger partial charge in [-0.2, -0.15) is 5.26 Å². The van der Waals surface area contributed by atoms with Crippen LogP contribution in [0.15, 0.2) is 0 Å². The number of rotatable bonds is 6. The van der Waals surface area contributed by atoms with Crippen molar-refractivity contribution in [3.8, 4) is 6.07 Å². The number of nitrogens with zero attached hydrogens (tertiary/aromatic N) is 3. The Morgan fingerprint density at radius 3 is 2.62 bits per heavy atom. The predicted octanol–water partition coefficient (Wildman–Crippen LogP) is 0.697. The molecule has 4 nitrogen and oxygen atoms in total. The second kappa shape index (κ2) is 6.19. The minimum absolute atomic E-state index is 0.666. The zero-order chi connectivity index (χ0) is 11.2. The average Bonchev–Trinajstić information content (AvgIpc) is 3.15. The minimum Gasteiger partial charge on any atom is -0.379 e. The van der Waals surface area contributed by atoms with Gasteiger partial charge in [0.1, 0.15) is 0 Å². The van der Waals surface area contributed by atoms with Crippen LogP contribution in [0, 0.1) is 11.3 Å². The summed E-state index contributed by atoms with van der Waals surface area (Å²) in [5.41, 5.74) is 0. The highest BCUT2D eigenvalue weighted by Crippen LogP contribution is 2.26. The highest BCUT2D eigenvalue weighted by molar-refractivity contribution is 4.87. The monoisotopic (exact) mass is 223 g/mol. The van der Waals surface area contributed by atoms with Crippen molar-refractivity contribution in [1.82, 2.24) is 9.80 Å². The Hall–Kier alpha value is -0.630. The Bertz CT molecular complexity index is 241. The molecule has 0 atom stereocenters. The first-order valence-corrected chi connectivity index (χ1v) is 6.31. The average molecular weight is 223 g/mol. The molecule has 2 fully saturated rings. The van der Waals surface area contributed by atoms with Crippen molar-refractivity contribution in [3.63, 3.8) is 0 Å². The Morgan fingerprint density at radius 1 is 1.25 bits per heavy atom. The number of morpholine rings is 1. The quantitative estimate of drug-likeness (QED) is 0.664. The van der Waals surface area contributed by atoms with Crippen molar-refractivity contribution < 1.29 is 4.74 Å². The lowest BCUT2D eigenvalue weighted by Crippen LogP contribution is -2.42. The van der Waals surface area contributed by atoms with Gasteiger partial charge >= 0.3 is 0 Å². The number of hydrogen-bond acceptors (Lipinski definition) is 4. The van der Waals surface area contributed by atoms with Crippen LogP contribution in [-0.2, 0) is 4.74 Å². The zero-order valence-electron chi connectivity index (χ0n) is 9.90. The van der Waals surface area contributed by atoms with Gasteiger partial charge in [-0.25, -0.2) is 0 Å². The van der Waals surface area contributed by atoms with Crippen molar-refractivity contribution in [3.05, 3.63) is 0 Å². The fraction of sp³-hybridized carbons (Fsp3) is 0.917. The summed E-state index contributed by atoms with van der Waals surface area (Å²) in [4.78, 5) is 4.95. The number of ether oxygens (including phenoxy) is 1. The lowest BCUT2D eigenvalue weighted by molar-refractivity contribution is 0.0330. The summed E-state index contributed by atoms with van der Waals surface area (Å²) in [5.74, 6) is 0. The maximum absolute atomic E-state index is 8.63. The summed E-state index contributed by atoms with van der Waals surface area (Å²) in [5, 5.41) is 8.63. The highest BCUT2D eigenvalue weighted by Gasteiger charge is 2.28. The van der Waals surface area contributed by atoms with E-state index in [2.05, 4.69) is 15.9 Å². The third kappa shape index (κ3) is 3.75. The van der Waals surface area contributed by atoms with E-state index in [1.54, 1.807) is 0 Å². The molecule has 1 aliphatic heterocycles. The second-order valence-electron chi connectivity index (χ2n) is 4.63. The maximum atomic E-state index is 8.63. The van der Waals surface area contributed by atoms with Crippen LogP contribution < -0.4 is 0 Å². The molecule has 2 rings (SSSR count). The van der Waals surface area contributed by atoms with Crippen LogP contribution in [0.2, 0.25) is 0 Å². The van der Waals surface area contributed by atoms with E-state index in [0.717, 1.165) is 52.0 Å². The van der Waals surface area contributed by atoms with E-state index in [0.29, 0.717) is 6.42 Å². The molecule has 0 N–H and O–H groups in total. The molecule has 1 saturated carbocycles. The lowest BCUT2D eigenvalue weighted by atomic mass is 10.3. The molecule has 0 aromatic rings. The minimum atomic E-state index is 0.666. The van der Waals surface area contributed by atoms with E-state index in [4.69, 9.17) is 10.00 Å². The fourth-order valence-corrected chi connectivity index (χ4v) is 2.20. The first-order valence-electron chi connectivity index (χ1n) is 6.31. The van der Waals surface area contributed by atoms with Crippen LogP contribution in [0.1, 0.15) is 19.3 Å². The standard InChI is InChI=1S/C12H21N3O/c13-4-1-5-15(12-2-3-12)7-6-14-8-10-16-11-9-14/h12H,1-3,5-11H2. The van der Waals surface area contributed by atoms with Gasteiger partial charge in [0, 0.05) is 45.2 Å². The van der Waals surface area contributed by atoms with Crippen LogP contribution in [-0.4, -0.2) is 61.8 Å². The summed E-state index contributed by atoms with van der Waals surface area (Å²) < 4.78 is 5.33. The predicted molar refractivity (Wildman–Crippen MR) is 62.1 cm³/mol. The summed E-state index contributed by atoms with van der Waals surface area (Å²) in [6, 6.07) is 3.02. The molecule has 0 radical (unpaired) electrons. The van der Waals surface area contributed by atoms with Gasteiger partial charge in [-0.15, -0.1) is 0 Å². The van der Waals surface area contributed by atoms with Crippen molar-refractivity contribution >= 4 is 0 Å². The van der Waals surface area contributed by atoms with Crippen molar-refractivity contribution in [1.29, 1.82) is 5.26 Å². The molecule has 0 spiro atoms. The van der Waals surface area contributed by atoms with Crippen LogP contribution >= 0.6 is 0 Å². The van der Waals surface area contributed by atoms with Gasteiger partial charge in [0.15, 0.2) is 0 Å². The molecule has 0 bridgehead atoms. The summed E-state index contributed by atoms with van der Waals surface area (Å²) in [6.45, 7) is 7.08. The zero-order valence-corrected chi connectivity index (χ0v) is 9.90. The molecule has 1 aliphatic carbocycles. The molecule has 90 valence electrons. The molecule has 16 heavy (non-hydrogen) atoms. The number of nitriles is 1. The van der Waals surface area contributed by atoms with E-state index in [-0.39, 0.29) is 0 Å². The maximum Gasteiger partial charge on any atom is 0.0635 e. The van der Waals surface area contributed by atoms with Crippen LogP contribution in [0.25, 0.3) is 0 Å². The molecule has 4 heteroatoms.